The van der Waals surface area contributed by atoms with Crippen molar-refractivity contribution in [3.63, 3.8) is 0 Å². The molecule has 0 saturated carbocycles. The summed E-state index contributed by atoms with van der Waals surface area (Å²) < 4.78 is 37.6. The molecule has 8 heteroatoms. The third-order valence-corrected chi connectivity index (χ3v) is 3.88. The quantitative estimate of drug-likeness (QED) is 0.321. The molecule has 3 aromatic rings. The summed E-state index contributed by atoms with van der Waals surface area (Å²) in [5.41, 5.74) is 1.91. The fraction of sp³-hybridized carbons (Fsp3) is 0.0952. The van der Waals surface area contributed by atoms with Crippen LogP contribution in [0.1, 0.15) is 22.8 Å². The number of hydrogen-bond donors (Lipinski definition) is 0. The second kappa shape index (κ2) is 8.55. The topological polar surface area (TPSA) is 66.5 Å². The van der Waals surface area contributed by atoms with Crippen LogP contribution in [0.3, 0.4) is 0 Å². The van der Waals surface area contributed by atoms with Gasteiger partial charge >= 0.3 is 6.18 Å². The maximum absolute atomic E-state index is 12.5. The first-order chi connectivity index (χ1) is 13.8. The highest BCUT2D eigenvalue weighted by atomic mass is 19.4. The molecule has 0 amide bonds. The lowest BCUT2D eigenvalue weighted by atomic mass is 10.1. The highest BCUT2D eigenvalue weighted by Crippen LogP contribution is 2.31. The average molecular weight is 396 g/mol. The lowest BCUT2D eigenvalue weighted by Crippen LogP contribution is -2.03. The first-order valence-corrected chi connectivity index (χ1v) is 8.53. The molecule has 0 aliphatic heterocycles. The lowest BCUT2D eigenvalue weighted by Gasteiger charge is -2.05. The van der Waals surface area contributed by atoms with E-state index < -0.39 is 11.7 Å². The van der Waals surface area contributed by atoms with Gasteiger partial charge in [0.2, 0.25) is 0 Å². The van der Waals surface area contributed by atoms with E-state index in [0.717, 1.165) is 12.1 Å². The standard InChI is InChI=1S/C21H15F3N4O/c1-14(29)15-2-6-17(7-3-15)25-27-19-10-12-20(13-11-19)28-26-18-8-4-16(5-9-18)21(22,23)24/h2-13H,1H3. The van der Waals surface area contributed by atoms with E-state index in [0.29, 0.717) is 28.3 Å². The number of nitrogens with zero attached hydrogens (tertiary/aromatic N) is 4. The summed E-state index contributed by atoms with van der Waals surface area (Å²) in [6, 6.07) is 17.9. The summed E-state index contributed by atoms with van der Waals surface area (Å²) >= 11 is 0. The maximum atomic E-state index is 12.5. The van der Waals surface area contributed by atoms with Crippen molar-refractivity contribution in [3.05, 3.63) is 83.9 Å². The first kappa shape index (κ1) is 20.1. The molecule has 0 fully saturated rings. The SMILES string of the molecule is CC(=O)c1ccc(N=Nc2ccc(N=Nc3ccc(C(F)(F)F)cc3)cc2)cc1. The fourth-order valence-electron chi connectivity index (χ4n) is 2.30. The van der Waals surface area contributed by atoms with E-state index in [-0.39, 0.29) is 5.78 Å². The summed E-state index contributed by atoms with van der Waals surface area (Å²) in [6.45, 7) is 1.49. The Morgan fingerprint density at radius 3 is 1.24 bits per heavy atom. The average Bonchev–Trinajstić information content (AvgIpc) is 2.71. The van der Waals surface area contributed by atoms with Crippen LogP contribution in [-0.2, 0) is 6.18 Å². The van der Waals surface area contributed by atoms with Gasteiger partial charge in [-0.15, -0.1) is 0 Å². The molecule has 0 atom stereocenters. The van der Waals surface area contributed by atoms with Crippen LogP contribution in [0.2, 0.25) is 0 Å². The number of rotatable bonds is 5. The van der Waals surface area contributed by atoms with Gasteiger partial charge in [0, 0.05) is 5.56 Å². The highest BCUT2D eigenvalue weighted by molar-refractivity contribution is 5.94. The van der Waals surface area contributed by atoms with E-state index >= 15 is 0 Å². The number of hydrogen-bond acceptors (Lipinski definition) is 5. The molecule has 3 aromatic carbocycles. The molecule has 5 nitrogen and oxygen atoms in total. The van der Waals surface area contributed by atoms with Gasteiger partial charge in [0.1, 0.15) is 0 Å². The summed E-state index contributed by atoms with van der Waals surface area (Å²) in [5, 5.41) is 16.1. The highest BCUT2D eigenvalue weighted by Gasteiger charge is 2.29. The molecule has 0 aliphatic carbocycles. The van der Waals surface area contributed by atoms with Gasteiger partial charge < -0.3 is 0 Å². The van der Waals surface area contributed by atoms with Crippen molar-refractivity contribution in [2.75, 3.05) is 0 Å². The van der Waals surface area contributed by atoms with Crippen LogP contribution >= 0.6 is 0 Å². The van der Waals surface area contributed by atoms with Crippen molar-refractivity contribution in [1.82, 2.24) is 0 Å². The number of benzene rings is 3. The predicted octanol–water partition coefficient (Wildman–Crippen LogP) is 7.74. The number of carbonyl (C=O) groups is 1. The van der Waals surface area contributed by atoms with Crippen LogP contribution in [0.4, 0.5) is 35.9 Å². The van der Waals surface area contributed by atoms with Gasteiger partial charge in [-0.2, -0.15) is 33.6 Å². The van der Waals surface area contributed by atoms with Gasteiger partial charge in [-0.3, -0.25) is 4.79 Å². The first-order valence-electron chi connectivity index (χ1n) is 8.53. The lowest BCUT2D eigenvalue weighted by molar-refractivity contribution is -0.137. The van der Waals surface area contributed by atoms with Crippen molar-refractivity contribution >= 4 is 28.5 Å². The molecule has 0 aliphatic rings. The molecular formula is C21H15F3N4O. The second-order valence-electron chi connectivity index (χ2n) is 6.06. The van der Waals surface area contributed by atoms with Gasteiger partial charge in [0.25, 0.3) is 0 Å². The van der Waals surface area contributed by atoms with Crippen LogP contribution in [-0.4, -0.2) is 5.78 Å². The molecule has 146 valence electrons. The molecule has 0 bridgehead atoms. The van der Waals surface area contributed by atoms with Gasteiger partial charge in [-0.1, -0.05) is 0 Å². The fourth-order valence-corrected chi connectivity index (χ4v) is 2.30. The van der Waals surface area contributed by atoms with Gasteiger partial charge in [-0.05, 0) is 79.7 Å². The minimum absolute atomic E-state index is 0.0189. The number of carbonyl (C=O) groups excluding carboxylic acids is 1. The Balaban J connectivity index is 1.63. The summed E-state index contributed by atoms with van der Waals surface area (Å²) in [4.78, 5) is 11.3. The molecule has 0 unspecified atom stereocenters. The summed E-state index contributed by atoms with van der Waals surface area (Å²) in [6.07, 6.45) is -4.38. The summed E-state index contributed by atoms with van der Waals surface area (Å²) in [7, 11) is 0. The second-order valence-corrected chi connectivity index (χ2v) is 6.06. The van der Waals surface area contributed by atoms with Crippen molar-refractivity contribution in [3.8, 4) is 0 Å². The Morgan fingerprint density at radius 2 is 0.931 bits per heavy atom. The normalized spacial score (nSPS) is 12.0. The Kier molecular flexibility index (Phi) is 5.92. The molecule has 0 N–H and O–H groups in total. The maximum Gasteiger partial charge on any atom is 0.416 e. The Morgan fingerprint density at radius 1 is 0.621 bits per heavy atom. The molecule has 29 heavy (non-hydrogen) atoms. The van der Waals surface area contributed by atoms with E-state index in [4.69, 9.17) is 0 Å². The molecule has 0 spiro atoms. The minimum Gasteiger partial charge on any atom is -0.295 e. The van der Waals surface area contributed by atoms with Crippen LogP contribution in [0.15, 0.2) is 93.3 Å². The van der Waals surface area contributed by atoms with Gasteiger partial charge in [0.05, 0.1) is 28.3 Å². The zero-order valence-electron chi connectivity index (χ0n) is 15.3. The Labute approximate surface area is 164 Å². The Hall–Kier alpha value is -3.68. The smallest absolute Gasteiger partial charge is 0.295 e. The van der Waals surface area contributed by atoms with Crippen LogP contribution in [0, 0.1) is 0 Å². The summed E-state index contributed by atoms with van der Waals surface area (Å²) in [5.74, 6) is -0.0189. The van der Waals surface area contributed by atoms with Crippen LogP contribution < -0.4 is 0 Å². The van der Waals surface area contributed by atoms with E-state index in [2.05, 4.69) is 20.5 Å². The molecule has 0 saturated heterocycles. The third kappa shape index (κ3) is 5.65. The molecule has 0 aromatic heterocycles. The van der Waals surface area contributed by atoms with Crippen molar-refractivity contribution in [1.29, 1.82) is 0 Å². The van der Waals surface area contributed by atoms with Crippen LogP contribution in [0.25, 0.3) is 0 Å². The van der Waals surface area contributed by atoms with E-state index in [1.807, 2.05) is 0 Å². The number of Topliss-reactive ketones (excluding diaryl/α,β-unsaturated/α-hetero) is 1. The Bertz CT molecular complexity index is 1040. The van der Waals surface area contributed by atoms with E-state index in [9.17, 15) is 18.0 Å². The number of alkyl halides is 3. The predicted molar refractivity (Wildman–Crippen MR) is 103 cm³/mol. The van der Waals surface area contributed by atoms with Crippen molar-refractivity contribution < 1.29 is 18.0 Å². The van der Waals surface area contributed by atoms with E-state index in [1.54, 1.807) is 48.5 Å². The van der Waals surface area contributed by atoms with E-state index in [1.165, 1.54) is 19.1 Å². The van der Waals surface area contributed by atoms with Crippen molar-refractivity contribution in [2.24, 2.45) is 20.5 Å². The van der Waals surface area contributed by atoms with Gasteiger partial charge in [-0.25, -0.2) is 0 Å². The number of halogens is 3. The largest absolute Gasteiger partial charge is 0.416 e. The zero-order valence-corrected chi connectivity index (χ0v) is 15.3. The zero-order chi connectivity index (χ0) is 20.9. The number of azo groups is 2. The minimum atomic E-state index is -4.38. The van der Waals surface area contributed by atoms with Crippen LogP contribution in [0.5, 0.6) is 0 Å². The van der Waals surface area contributed by atoms with Crippen molar-refractivity contribution in [2.45, 2.75) is 13.1 Å². The molecule has 0 radical (unpaired) electrons. The molecular weight excluding hydrogens is 381 g/mol. The monoisotopic (exact) mass is 396 g/mol. The molecule has 0 heterocycles. The van der Waals surface area contributed by atoms with Gasteiger partial charge in [0.15, 0.2) is 5.78 Å². The third-order valence-electron chi connectivity index (χ3n) is 3.88. The molecule has 3 rings (SSSR count). The number of ketones is 1.